The highest BCUT2D eigenvalue weighted by molar-refractivity contribution is 5.93. The number of anilines is 1. The lowest BCUT2D eigenvalue weighted by Gasteiger charge is -2.30. The molecular formula is C13H19N3O2. The van der Waals surface area contributed by atoms with Crippen LogP contribution in [-0.4, -0.2) is 35.1 Å². The van der Waals surface area contributed by atoms with Gasteiger partial charge in [0, 0.05) is 24.3 Å². The number of aliphatic hydroxyl groups excluding tert-OH is 1. The molecule has 98 valence electrons. The molecule has 1 aromatic carbocycles. The zero-order valence-electron chi connectivity index (χ0n) is 10.3. The summed E-state index contributed by atoms with van der Waals surface area (Å²) in [6.45, 7) is 2.34. The van der Waals surface area contributed by atoms with E-state index in [0.29, 0.717) is 24.3 Å². The van der Waals surface area contributed by atoms with E-state index in [9.17, 15) is 9.90 Å². The number of aliphatic hydroxyl groups is 1. The Hall–Kier alpha value is -1.59. The first kappa shape index (κ1) is 12.9. The molecule has 1 aliphatic heterocycles. The summed E-state index contributed by atoms with van der Waals surface area (Å²) >= 11 is 0. The Bertz CT molecular complexity index is 448. The van der Waals surface area contributed by atoms with E-state index >= 15 is 0 Å². The Morgan fingerprint density at radius 3 is 2.89 bits per heavy atom. The fraction of sp³-hybridized carbons (Fsp3) is 0.462. The number of hydrogen-bond acceptors (Lipinski definition) is 4. The molecule has 0 bridgehead atoms. The standard InChI is InChI=1S/C13H19N3O2/c14-12-6-9(13(15)18)3-4-10(12)7-16-5-1-2-11(17)8-16/h3-4,6,11,17H,1-2,5,7-8,14H2,(H2,15,18). The SMILES string of the molecule is NC(=O)c1ccc(CN2CCCC(O)C2)c(N)c1. The quantitative estimate of drug-likeness (QED) is 0.673. The molecule has 1 atom stereocenters. The molecule has 1 amide bonds. The van der Waals surface area contributed by atoms with Gasteiger partial charge in [0.25, 0.3) is 0 Å². The van der Waals surface area contributed by atoms with Gasteiger partial charge >= 0.3 is 0 Å². The number of amides is 1. The largest absolute Gasteiger partial charge is 0.398 e. The number of primary amides is 1. The molecule has 1 aliphatic rings. The summed E-state index contributed by atoms with van der Waals surface area (Å²) in [5.41, 5.74) is 13.1. The Morgan fingerprint density at radius 2 is 2.28 bits per heavy atom. The monoisotopic (exact) mass is 249 g/mol. The third-order valence-electron chi connectivity index (χ3n) is 3.30. The zero-order chi connectivity index (χ0) is 13.1. The van der Waals surface area contributed by atoms with E-state index in [0.717, 1.165) is 24.9 Å². The lowest BCUT2D eigenvalue weighted by molar-refractivity contribution is 0.0669. The van der Waals surface area contributed by atoms with Crippen LogP contribution < -0.4 is 11.5 Å². The molecule has 1 saturated heterocycles. The van der Waals surface area contributed by atoms with Crippen LogP contribution in [0.5, 0.6) is 0 Å². The molecule has 5 heteroatoms. The summed E-state index contributed by atoms with van der Waals surface area (Å²) in [7, 11) is 0. The first-order valence-corrected chi connectivity index (χ1v) is 6.15. The Balaban J connectivity index is 2.07. The van der Waals surface area contributed by atoms with Gasteiger partial charge in [-0.3, -0.25) is 9.69 Å². The van der Waals surface area contributed by atoms with E-state index in [1.807, 2.05) is 6.07 Å². The van der Waals surface area contributed by atoms with Gasteiger partial charge in [0.15, 0.2) is 0 Å². The molecule has 1 aromatic rings. The normalized spacial score (nSPS) is 20.8. The van der Waals surface area contributed by atoms with Gasteiger partial charge in [-0.05, 0) is 37.1 Å². The van der Waals surface area contributed by atoms with Gasteiger partial charge < -0.3 is 16.6 Å². The van der Waals surface area contributed by atoms with Crippen molar-refractivity contribution in [1.29, 1.82) is 0 Å². The second kappa shape index (κ2) is 5.37. The smallest absolute Gasteiger partial charge is 0.248 e. The summed E-state index contributed by atoms with van der Waals surface area (Å²) in [5.74, 6) is -0.471. The van der Waals surface area contributed by atoms with E-state index < -0.39 is 5.91 Å². The van der Waals surface area contributed by atoms with E-state index in [1.54, 1.807) is 12.1 Å². The van der Waals surface area contributed by atoms with Crippen molar-refractivity contribution in [3.8, 4) is 0 Å². The van der Waals surface area contributed by atoms with E-state index in [4.69, 9.17) is 11.5 Å². The summed E-state index contributed by atoms with van der Waals surface area (Å²) in [4.78, 5) is 13.2. The first-order valence-electron chi connectivity index (χ1n) is 6.15. The van der Waals surface area contributed by atoms with Gasteiger partial charge in [-0.2, -0.15) is 0 Å². The fourth-order valence-electron chi connectivity index (χ4n) is 2.31. The highest BCUT2D eigenvalue weighted by Gasteiger charge is 2.18. The topological polar surface area (TPSA) is 92.6 Å². The second-order valence-electron chi connectivity index (χ2n) is 4.81. The lowest BCUT2D eigenvalue weighted by atomic mass is 10.1. The van der Waals surface area contributed by atoms with Crippen molar-refractivity contribution in [3.63, 3.8) is 0 Å². The van der Waals surface area contributed by atoms with Crippen molar-refractivity contribution in [2.45, 2.75) is 25.5 Å². The maximum Gasteiger partial charge on any atom is 0.248 e. The average Bonchev–Trinajstić information content (AvgIpc) is 2.31. The number of nitrogen functional groups attached to an aromatic ring is 1. The minimum absolute atomic E-state index is 0.245. The number of nitrogens with two attached hydrogens (primary N) is 2. The summed E-state index contributed by atoms with van der Waals surface area (Å²) in [6.07, 6.45) is 1.62. The van der Waals surface area contributed by atoms with Crippen molar-refractivity contribution < 1.29 is 9.90 Å². The maximum atomic E-state index is 11.0. The van der Waals surface area contributed by atoms with Gasteiger partial charge in [-0.25, -0.2) is 0 Å². The van der Waals surface area contributed by atoms with Crippen LogP contribution in [-0.2, 0) is 6.54 Å². The van der Waals surface area contributed by atoms with Gasteiger partial charge in [-0.15, -0.1) is 0 Å². The molecule has 1 unspecified atom stereocenters. The van der Waals surface area contributed by atoms with Gasteiger partial charge in [0.1, 0.15) is 0 Å². The number of carbonyl (C=O) groups is 1. The van der Waals surface area contributed by atoms with Crippen LogP contribution >= 0.6 is 0 Å². The third-order valence-corrected chi connectivity index (χ3v) is 3.30. The molecule has 0 saturated carbocycles. The molecule has 2 rings (SSSR count). The van der Waals surface area contributed by atoms with Crippen LogP contribution in [0.2, 0.25) is 0 Å². The third kappa shape index (κ3) is 3.00. The molecule has 0 spiro atoms. The summed E-state index contributed by atoms with van der Waals surface area (Å²) in [6, 6.07) is 5.13. The average molecular weight is 249 g/mol. The number of nitrogens with zero attached hydrogens (tertiary/aromatic N) is 1. The summed E-state index contributed by atoms with van der Waals surface area (Å²) in [5, 5.41) is 9.61. The van der Waals surface area contributed by atoms with Crippen LogP contribution in [0.4, 0.5) is 5.69 Å². The minimum Gasteiger partial charge on any atom is -0.398 e. The number of rotatable bonds is 3. The van der Waals surface area contributed by atoms with Gasteiger partial charge in [0.2, 0.25) is 5.91 Å². The first-order chi connectivity index (χ1) is 8.56. The molecule has 0 aliphatic carbocycles. The number of benzene rings is 1. The molecule has 1 heterocycles. The number of carbonyl (C=O) groups excluding carboxylic acids is 1. The Labute approximate surface area is 106 Å². The van der Waals surface area contributed by atoms with Gasteiger partial charge in [-0.1, -0.05) is 6.07 Å². The molecule has 0 aromatic heterocycles. The highest BCUT2D eigenvalue weighted by atomic mass is 16.3. The van der Waals surface area contributed by atoms with Crippen LogP contribution in [0, 0.1) is 0 Å². The van der Waals surface area contributed by atoms with Crippen molar-refractivity contribution >= 4 is 11.6 Å². The Kier molecular flexibility index (Phi) is 3.84. The maximum absolute atomic E-state index is 11.0. The van der Waals surface area contributed by atoms with Crippen molar-refractivity contribution in [1.82, 2.24) is 4.90 Å². The molecule has 18 heavy (non-hydrogen) atoms. The van der Waals surface area contributed by atoms with Gasteiger partial charge in [0.05, 0.1) is 6.10 Å². The predicted molar refractivity (Wildman–Crippen MR) is 69.9 cm³/mol. The zero-order valence-corrected chi connectivity index (χ0v) is 10.3. The lowest BCUT2D eigenvalue weighted by Crippen LogP contribution is -2.37. The molecule has 5 N–H and O–H groups in total. The van der Waals surface area contributed by atoms with Crippen molar-refractivity contribution in [3.05, 3.63) is 29.3 Å². The molecule has 1 fully saturated rings. The number of piperidine rings is 1. The molecular weight excluding hydrogens is 230 g/mol. The number of hydrogen-bond donors (Lipinski definition) is 3. The predicted octanol–water partition coefficient (Wildman–Crippen LogP) is 0.324. The highest BCUT2D eigenvalue weighted by Crippen LogP contribution is 2.19. The van der Waals surface area contributed by atoms with Crippen molar-refractivity contribution in [2.75, 3.05) is 18.8 Å². The van der Waals surface area contributed by atoms with Crippen LogP contribution in [0.25, 0.3) is 0 Å². The van der Waals surface area contributed by atoms with Crippen LogP contribution in [0.1, 0.15) is 28.8 Å². The molecule has 0 radical (unpaired) electrons. The molecule has 5 nitrogen and oxygen atoms in total. The Morgan fingerprint density at radius 1 is 1.50 bits per heavy atom. The van der Waals surface area contributed by atoms with E-state index in [1.165, 1.54) is 0 Å². The van der Waals surface area contributed by atoms with Crippen LogP contribution in [0.15, 0.2) is 18.2 Å². The number of β-amino-alcohol motifs (C(OH)–C–C–N with tert-alkyl or cyclic N) is 1. The van der Waals surface area contributed by atoms with E-state index in [-0.39, 0.29) is 6.10 Å². The summed E-state index contributed by atoms with van der Waals surface area (Å²) < 4.78 is 0. The second-order valence-corrected chi connectivity index (χ2v) is 4.81. The van der Waals surface area contributed by atoms with E-state index in [2.05, 4.69) is 4.90 Å². The van der Waals surface area contributed by atoms with Crippen molar-refractivity contribution in [2.24, 2.45) is 5.73 Å². The minimum atomic E-state index is -0.471. The fourth-order valence-corrected chi connectivity index (χ4v) is 2.31. The number of likely N-dealkylation sites (tertiary alicyclic amines) is 1. The van der Waals surface area contributed by atoms with Crippen LogP contribution in [0.3, 0.4) is 0 Å².